The fraction of sp³-hybridized carbons (Fsp3) is 0.154. The number of rotatable bonds is 7. The normalized spacial score (nSPS) is 10.7. The molecule has 0 saturated carbocycles. The van der Waals surface area contributed by atoms with Crippen molar-refractivity contribution in [2.45, 2.75) is 26.4 Å². The minimum Gasteiger partial charge on any atom is -0.486 e. The zero-order chi connectivity index (χ0) is 23.2. The molecule has 3 N–H and O–H groups in total. The first kappa shape index (κ1) is 22.0. The molecule has 0 aliphatic rings. The van der Waals surface area contributed by atoms with Gasteiger partial charge in [-0.1, -0.05) is 61.9 Å². The Morgan fingerprint density at radius 3 is 2.48 bits per heavy atom. The summed E-state index contributed by atoms with van der Waals surface area (Å²) in [6.45, 7) is 2.31. The molecule has 0 bridgehead atoms. The zero-order valence-corrected chi connectivity index (χ0v) is 18.3. The molecule has 4 rings (SSSR count). The van der Waals surface area contributed by atoms with Crippen molar-refractivity contribution in [2.24, 2.45) is 5.73 Å². The monoisotopic (exact) mass is 443 g/mol. The van der Waals surface area contributed by atoms with Crippen molar-refractivity contribution in [2.75, 3.05) is 5.01 Å². The van der Waals surface area contributed by atoms with Gasteiger partial charge >= 0.3 is 11.9 Å². The van der Waals surface area contributed by atoms with Crippen LogP contribution in [0, 0.1) is 0 Å². The van der Waals surface area contributed by atoms with E-state index < -0.39 is 11.9 Å². The molecule has 0 radical (unpaired) electrons. The van der Waals surface area contributed by atoms with Gasteiger partial charge in [-0.2, -0.15) is 0 Å². The highest BCUT2D eigenvalue weighted by molar-refractivity contribution is 6.05. The number of furan rings is 1. The van der Waals surface area contributed by atoms with E-state index in [1.807, 2.05) is 54.6 Å². The molecule has 0 fully saturated rings. The van der Waals surface area contributed by atoms with E-state index in [9.17, 15) is 9.59 Å². The standard InChI is InChI=1S/C26H25N3O4/c1-2-6-18-11-13-20(14-12-18)32-17-21-15-16-24(33-21)25(30)28-29(26(27)31)23-10-5-8-19-7-3-4-9-22(19)23/h3-5,7-16H,2,6,17H2,1H3,(H2,27,31)(H,28,30). The second-order valence-electron chi connectivity index (χ2n) is 7.56. The lowest BCUT2D eigenvalue weighted by atomic mass is 10.1. The first-order valence-electron chi connectivity index (χ1n) is 10.7. The molecule has 0 spiro atoms. The Morgan fingerprint density at radius 1 is 0.970 bits per heavy atom. The number of benzene rings is 3. The summed E-state index contributed by atoms with van der Waals surface area (Å²) in [4.78, 5) is 24.9. The van der Waals surface area contributed by atoms with Crippen LogP contribution >= 0.6 is 0 Å². The van der Waals surface area contributed by atoms with Gasteiger partial charge in [0.05, 0.1) is 5.69 Å². The number of nitrogens with zero attached hydrogens (tertiary/aromatic N) is 1. The molecule has 1 aromatic heterocycles. The van der Waals surface area contributed by atoms with Crippen LogP contribution < -0.4 is 20.9 Å². The van der Waals surface area contributed by atoms with Gasteiger partial charge in [-0.15, -0.1) is 0 Å². The van der Waals surface area contributed by atoms with E-state index in [4.69, 9.17) is 14.9 Å². The third-order valence-electron chi connectivity index (χ3n) is 5.17. The number of ether oxygens (including phenoxy) is 1. The Bertz CT molecular complexity index is 1260. The molecule has 7 nitrogen and oxygen atoms in total. The number of hydrogen-bond donors (Lipinski definition) is 2. The molecule has 1 heterocycles. The maximum absolute atomic E-state index is 12.8. The van der Waals surface area contributed by atoms with Crippen molar-refractivity contribution in [3.8, 4) is 5.75 Å². The summed E-state index contributed by atoms with van der Waals surface area (Å²) in [7, 11) is 0. The molecule has 4 aromatic rings. The fourth-order valence-electron chi connectivity index (χ4n) is 3.57. The highest BCUT2D eigenvalue weighted by Gasteiger charge is 2.21. The van der Waals surface area contributed by atoms with Crippen molar-refractivity contribution in [1.29, 1.82) is 0 Å². The Morgan fingerprint density at radius 2 is 1.73 bits per heavy atom. The fourth-order valence-corrected chi connectivity index (χ4v) is 3.57. The van der Waals surface area contributed by atoms with Crippen LogP contribution in [-0.4, -0.2) is 11.9 Å². The molecule has 0 unspecified atom stereocenters. The Labute approximate surface area is 191 Å². The second-order valence-corrected chi connectivity index (χ2v) is 7.56. The summed E-state index contributed by atoms with van der Waals surface area (Å²) in [5.41, 5.74) is 9.81. The molecule has 168 valence electrons. The van der Waals surface area contributed by atoms with Crippen molar-refractivity contribution in [1.82, 2.24) is 5.43 Å². The molecule has 3 aromatic carbocycles. The number of primary amides is 1. The average Bonchev–Trinajstić information content (AvgIpc) is 3.31. The van der Waals surface area contributed by atoms with E-state index in [2.05, 4.69) is 12.3 Å². The second kappa shape index (κ2) is 9.91. The third kappa shape index (κ3) is 5.15. The first-order chi connectivity index (χ1) is 16.0. The van der Waals surface area contributed by atoms with Gasteiger partial charge in [0.25, 0.3) is 0 Å². The maximum atomic E-state index is 12.8. The van der Waals surface area contributed by atoms with Crippen molar-refractivity contribution in [3.63, 3.8) is 0 Å². The number of hydrazine groups is 1. The van der Waals surface area contributed by atoms with Gasteiger partial charge in [-0.05, 0) is 47.7 Å². The van der Waals surface area contributed by atoms with E-state index in [1.165, 1.54) is 11.6 Å². The predicted molar refractivity (Wildman–Crippen MR) is 127 cm³/mol. The van der Waals surface area contributed by atoms with Crippen molar-refractivity contribution < 1.29 is 18.7 Å². The van der Waals surface area contributed by atoms with Crippen LogP contribution in [0.5, 0.6) is 5.75 Å². The Hall–Kier alpha value is -4.26. The molecule has 0 saturated heterocycles. The number of fused-ring (bicyclic) bond motifs is 1. The van der Waals surface area contributed by atoms with Crippen LogP contribution in [0.3, 0.4) is 0 Å². The predicted octanol–water partition coefficient (Wildman–Crippen LogP) is 5.19. The molecular formula is C26H25N3O4. The summed E-state index contributed by atoms with van der Waals surface area (Å²) >= 11 is 0. The van der Waals surface area contributed by atoms with E-state index in [0.29, 0.717) is 17.2 Å². The largest absolute Gasteiger partial charge is 0.486 e. The Kier molecular flexibility index (Phi) is 6.59. The lowest BCUT2D eigenvalue weighted by molar-refractivity contribution is 0.0919. The Balaban J connectivity index is 1.44. The summed E-state index contributed by atoms with van der Waals surface area (Å²) in [6.07, 6.45) is 2.11. The van der Waals surface area contributed by atoms with Gasteiger partial charge in [0.15, 0.2) is 5.76 Å². The maximum Gasteiger partial charge on any atom is 0.338 e. The summed E-state index contributed by atoms with van der Waals surface area (Å²) in [5.74, 6) is 0.636. The number of carbonyl (C=O) groups is 2. The summed E-state index contributed by atoms with van der Waals surface area (Å²) in [6, 6.07) is 23.2. The lowest BCUT2D eigenvalue weighted by Crippen LogP contribution is -2.49. The van der Waals surface area contributed by atoms with Crippen LogP contribution in [0.15, 0.2) is 83.3 Å². The van der Waals surface area contributed by atoms with Crippen molar-refractivity contribution in [3.05, 3.63) is 95.9 Å². The molecule has 0 atom stereocenters. The number of amides is 3. The number of carbonyl (C=O) groups excluding carboxylic acids is 2. The molecule has 3 amide bonds. The van der Waals surface area contributed by atoms with Gasteiger partial charge in [-0.3, -0.25) is 10.2 Å². The highest BCUT2D eigenvalue weighted by Crippen LogP contribution is 2.26. The average molecular weight is 444 g/mol. The first-order valence-corrected chi connectivity index (χ1v) is 10.7. The minimum absolute atomic E-state index is 0.0402. The summed E-state index contributed by atoms with van der Waals surface area (Å²) in [5, 5.41) is 2.70. The number of nitrogens with one attached hydrogen (secondary N) is 1. The number of hydrogen-bond acceptors (Lipinski definition) is 4. The summed E-state index contributed by atoms with van der Waals surface area (Å²) < 4.78 is 11.4. The van der Waals surface area contributed by atoms with Crippen molar-refractivity contribution >= 4 is 28.4 Å². The van der Waals surface area contributed by atoms with Gasteiger partial charge in [0.2, 0.25) is 0 Å². The van der Waals surface area contributed by atoms with Gasteiger partial charge in [-0.25, -0.2) is 9.80 Å². The third-order valence-corrected chi connectivity index (χ3v) is 5.17. The van der Waals surface area contributed by atoms with E-state index in [-0.39, 0.29) is 12.4 Å². The van der Waals surface area contributed by atoms with E-state index in [1.54, 1.807) is 18.2 Å². The zero-order valence-electron chi connectivity index (χ0n) is 18.3. The lowest BCUT2D eigenvalue weighted by Gasteiger charge is -2.22. The minimum atomic E-state index is -0.818. The number of urea groups is 1. The molecule has 0 aliphatic carbocycles. The molecule has 33 heavy (non-hydrogen) atoms. The van der Waals surface area contributed by atoms with Crippen LogP contribution in [0.1, 0.15) is 35.2 Å². The number of nitrogens with two attached hydrogens (primary N) is 1. The number of aryl methyl sites for hydroxylation is 1. The number of anilines is 1. The highest BCUT2D eigenvalue weighted by atomic mass is 16.5. The van der Waals surface area contributed by atoms with Crippen LogP contribution in [0.4, 0.5) is 10.5 Å². The SMILES string of the molecule is CCCc1ccc(OCc2ccc(C(=O)NN(C(N)=O)c3cccc4ccccc34)o2)cc1. The quantitative estimate of drug-likeness (QED) is 0.384. The van der Waals surface area contributed by atoms with E-state index in [0.717, 1.165) is 28.6 Å². The van der Waals surface area contributed by atoms with Crippen LogP contribution in [0.25, 0.3) is 10.8 Å². The smallest absolute Gasteiger partial charge is 0.338 e. The van der Waals surface area contributed by atoms with Gasteiger partial charge in [0.1, 0.15) is 18.1 Å². The topological polar surface area (TPSA) is 97.8 Å². The van der Waals surface area contributed by atoms with Gasteiger partial charge < -0.3 is 14.9 Å². The molecule has 7 heteroatoms. The van der Waals surface area contributed by atoms with Gasteiger partial charge in [0, 0.05) is 5.39 Å². The van der Waals surface area contributed by atoms with Crippen LogP contribution in [0.2, 0.25) is 0 Å². The molecule has 0 aliphatic heterocycles. The van der Waals surface area contributed by atoms with E-state index >= 15 is 0 Å². The van der Waals surface area contributed by atoms with Crippen LogP contribution in [-0.2, 0) is 13.0 Å². The molecular weight excluding hydrogens is 418 g/mol.